The van der Waals surface area contributed by atoms with Crippen molar-refractivity contribution in [1.29, 1.82) is 0 Å². The highest BCUT2D eigenvalue weighted by Crippen LogP contribution is 2.20. The van der Waals surface area contributed by atoms with Crippen LogP contribution in [-0.2, 0) is 19.4 Å². The van der Waals surface area contributed by atoms with E-state index in [2.05, 4.69) is 5.32 Å². The third-order valence-electron chi connectivity index (χ3n) is 4.75. The fourth-order valence-electron chi connectivity index (χ4n) is 3.23. The van der Waals surface area contributed by atoms with Crippen LogP contribution in [0.1, 0.15) is 13.3 Å². The summed E-state index contributed by atoms with van der Waals surface area (Å²) >= 11 is 0. The zero-order valence-electron chi connectivity index (χ0n) is 15.8. The number of likely N-dealkylation sites (N-methyl/N-ethyl adjacent to an activating group) is 1. The molecule has 1 heterocycles. The van der Waals surface area contributed by atoms with Crippen molar-refractivity contribution in [3.63, 3.8) is 0 Å². The van der Waals surface area contributed by atoms with Crippen LogP contribution in [0.2, 0.25) is 0 Å². The molecule has 1 aliphatic rings. The van der Waals surface area contributed by atoms with Gasteiger partial charge in [0.15, 0.2) is 16.4 Å². The molecule has 0 aromatic heterocycles. The molecule has 0 unspecified atom stereocenters. The average Bonchev–Trinajstić information content (AvgIpc) is 3.02. The first-order chi connectivity index (χ1) is 13.4. The molecular formula is C20H24N2O5S. The molecule has 1 aliphatic heterocycles. The van der Waals surface area contributed by atoms with Crippen molar-refractivity contribution in [3.05, 3.63) is 42.5 Å². The number of ether oxygens (including phenoxy) is 1. The Kier molecular flexibility index (Phi) is 6.18. The number of hydrogen-bond acceptors (Lipinski definition) is 5. The van der Waals surface area contributed by atoms with Crippen LogP contribution in [0.3, 0.4) is 0 Å². The van der Waals surface area contributed by atoms with E-state index in [1.807, 2.05) is 36.4 Å². The Labute approximate surface area is 164 Å². The van der Waals surface area contributed by atoms with E-state index in [1.54, 1.807) is 13.0 Å². The van der Waals surface area contributed by atoms with E-state index in [4.69, 9.17) is 4.74 Å². The van der Waals surface area contributed by atoms with Gasteiger partial charge in [0.25, 0.3) is 5.91 Å². The summed E-state index contributed by atoms with van der Waals surface area (Å²) in [4.78, 5) is 26.0. The number of nitrogens with one attached hydrogen (secondary N) is 1. The lowest BCUT2D eigenvalue weighted by molar-refractivity contribution is -0.137. The Hall–Kier alpha value is -2.61. The first-order valence-corrected chi connectivity index (χ1v) is 11.1. The Balaban J connectivity index is 1.51. The number of fused-ring (bicyclic) bond motifs is 1. The first kappa shape index (κ1) is 20.1. The van der Waals surface area contributed by atoms with E-state index >= 15 is 0 Å². The van der Waals surface area contributed by atoms with Gasteiger partial charge in [0, 0.05) is 12.6 Å². The standard InChI is InChI=1S/C20H24N2O5S/c1-2-22(12-19(23)21-17-9-10-28(25,26)14-17)20(24)13-27-18-8-7-15-5-3-4-6-16(15)11-18/h3-8,11,17H,2,9-10,12-14H2,1H3,(H,21,23)/t17-/m1/s1. The van der Waals surface area contributed by atoms with Crippen molar-refractivity contribution in [2.24, 2.45) is 0 Å². The van der Waals surface area contributed by atoms with Crippen LogP contribution in [0.15, 0.2) is 42.5 Å². The monoisotopic (exact) mass is 404 g/mol. The average molecular weight is 404 g/mol. The molecule has 150 valence electrons. The maximum Gasteiger partial charge on any atom is 0.260 e. The summed E-state index contributed by atoms with van der Waals surface area (Å²) in [7, 11) is -3.06. The summed E-state index contributed by atoms with van der Waals surface area (Å²) in [6, 6.07) is 13.1. The van der Waals surface area contributed by atoms with E-state index in [0.29, 0.717) is 18.7 Å². The normalized spacial score (nSPS) is 18.0. The van der Waals surface area contributed by atoms with Gasteiger partial charge in [-0.15, -0.1) is 0 Å². The largest absolute Gasteiger partial charge is 0.484 e. The molecule has 1 fully saturated rings. The van der Waals surface area contributed by atoms with Gasteiger partial charge in [0.2, 0.25) is 5.91 Å². The second-order valence-corrected chi connectivity index (χ2v) is 9.10. The zero-order valence-corrected chi connectivity index (χ0v) is 16.6. The van der Waals surface area contributed by atoms with Gasteiger partial charge in [0.05, 0.1) is 18.1 Å². The molecule has 7 nitrogen and oxygen atoms in total. The quantitative estimate of drug-likeness (QED) is 0.752. The number of benzene rings is 2. The Morgan fingerprint density at radius 2 is 1.93 bits per heavy atom. The van der Waals surface area contributed by atoms with Gasteiger partial charge in [-0.3, -0.25) is 9.59 Å². The molecular weight excluding hydrogens is 380 g/mol. The van der Waals surface area contributed by atoms with Crippen LogP contribution >= 0.6 is 0 Å². The molecule has 2 aromatic carbocycles. The van der Waals surface area contributed by atoms with Crippen molar-refractivity contribution in [2.45, 2.75) is 19.4 Å². The van der Waals surface area contributed by atoms with Gasteiger partial charge < -0.3 is 15.0 Å². The molecule has 2 aromatic rings. The second kappa shape index (κ2) is 8.60. The summed E-state index contributed by atoms with van der Waals surface area (Å²) in [5.74, 6) is -0.0192. The minimum Gasteiger partial charge on any atom is -0.484 e. The van der Waals surface area contributed by atoms with Crippen molar-refractivity contribution in [1.82, 2.24) is 10.2 Å². The van der Waals surface area contributed by atoms with Gasteiger partial charge in [-0.05, 0) is 36.2 Å². The number of carbonyl (C=O) groups is 2. The molecule has 8 heteroatoms. The summed E-state index contributed by atoms with van der Waals surface area (Å²) in [5, 5.41) is 4.80. The van der Waals surface area contributed by atoms with E-state index in [1.165, 1.54) is 4.90 Å². The number of hydrogen-bond donors (Lipinski definition) is 1. The SMILES string of the molecule is CCN(CC(=O)N[C@@H]1CCS(=O)(=O)C1)C(=O)COc1ccc2ccccc2c1. The smallest absolute Gasteiger partial charge is 0.260 e. The molecule has 0 spiro atoms. The number of nitrogens with zero attached hydrogens (tertiary/aromatic N) is 1. The Bertz CT molecular complexity index is 973. The molecule has 0 radical (unpaired) electrons. The molecule has 1 atom stereocenters. The summed E-state index contributed by atoms with van der Waals surface area (Å²) in [6.45, 7) is 1.85. The van der Waals surface area contributed by atoms with Crippen LogP contribution < -0.4 is 10.1 Å². The van der Waals surface area contributed by atoms with Crippen LogP contribution in [0.5, 0.6) is 5.75 Å². The van der Waals surface area contributed by atoms with Crippen LogP contribution in [0.4, 0.5) is 0 Å². The van der Waals surface area contributed by atoms with Crippen LogP contribution in [0, 0.1) is 0 Å². The maximum atomic E-state index is 12.4. The molecule has 2 amide bonds. The molecule has 1 N–H and O–H groups in total. The van der Waals surface area contributed by atoms with E-state index in [-0.39, 0.29) is 42.5 Å². The van der Waals surface area contributed by atoms with Gasteiger partial charge in [-0.25, -0.2) is 8.42 Å². The summed E-state index contributed by atoms with van der Waals surface area (Å²) < 4.78 is 28.6. The van der Waals surface area contributed by atoms with Gasteiger partial charge in [0.1, 0.15) is 5.75 Å². The fraction of sp³-hybridized carbons (Fsp3) is 0.400. The van der Waals surface area contributed by atoms with E-state index in [0.717, 1.165) is 10.8 Å². The molecule has 0 aliphatic carbocycles. The number of rotatable bonds is 7. The summed E-state index contributed by atoms with van der Waals surface area (Å²) in [6.07, 6.45) is 0.416. The minimum absolute atomic E-state index is 0.0378. The highest BCUT2D eigenvalue weighted by atomic mass is 32.2. The molecule has 3 rings (SSSR count). The van der Waals surface area contributed by atoms with Crippen LogP contribution in [0.25, 0.3) is 10.8 Å². The lowest BCUT2D eigenvalue weighted by atomic mass is 10.1. The molecule has 0 saturated carbocycles. The molecule has 0 bridgehead atoms. The maximum absolute atomic E-state index is 12.4. The highest BCUT2D eigenvalue weighted by molar-refractivity contribution is 7.91. The molecule has 28 heavy (non-hydrogen) atoms. The third kappa shape index (κ3) is 5.22. The fourth-order valence-corrected chi connectivity index (χ4v) is 4.90. The Morgan fingerprint density at radius 3 is 2.61 bits per heavy atom. The van der Waals surface area contributed by atoms with Gasteiger partial charge >= 0.3 is 0 Å². The third-order valence-corrected chi connectivity index (χ3v) is 6.52. The van der Waals surface area contributed by atoms with Gasteiger partial charge in [-0.1, -0.05) is 30.3 Å². The van der Waals surface area contributed by atoms with Crippen molar-refractivity contribution in [3.8, 4) is 5.75 Å². The van der Waals surface area contributed by atoms with E-state index in [9.17, 15) is 18.0 Å². The predicted octanol–water partition coefficient (Wildman–Crippen LogP) is 1.37. The number of amides is 2. The lowest BCUT2D eigenvalue weighted by Crippen LogP contribution is -2.45. The molecule has 1 saturated heterocycles. The van der Waals surface area contributed by atoms with Crippen LogP contribution in [-0.4, -0.2) is 62.4 Å². The summed E-state index contributed by atoms with van der Waals surface area (Å²) in [5.41, 5.74) is 0. The van der Waals surface area contributed by atoms with Crippen molar-refractivity contribution < 1.29 is 22.7 Å². The predicted molar refractivity (Wildman–Crippen MR) is 107 cm³/mol. The van der Waals surface area contributed by atoms with E-state index < -0.39 is 9.84 Å². The minimum atomic E-state index is -3.06. The zero-order chi connectivity index (χ0) is 20.1. The topological polar surface area (TPSA) is 92.8 Å². The lowest BCUT2D eigenvalue weighted by Gasteiger charge is -2.21. The number of carbonyl (C=O) groups excluding carboxylic acids is 2. The number of sulfone groups is 1. The van der Waals surface area contributed by atoms with Gasteiger partial charge in [-0.2, -0.15) is 0 Å². The first-order valence-electron chi connectivity index (χ1n) is 9.25. The van der Waals surface area contributed by atoms with Crippen molar-refractivity contribution >= 4 is 32.4 Å². The second-order valence-electron chi connectivity index (χ2n) is 6.87. The highest BCUT2D eigenvalue weighted by Gasteiger charge is 2.29. The Morgan fingerprint density at radius 1 is 1.18 bits per heavy atom. The van der Waals surface area contributed by atoms with Crippen molar-refractivity contribution in [2.75, 3.05) is 31.2 Å².